The molecule has 0 saturated carbocycles. The number of aliphatic hydroxyl groups is 1. The number of hydrogen-bond acceptors (Lipinski definition) is 5. The van der Waals surface area contributed by atoms with Crippen LogP contribution in [0.5, 0.6) is 0 Å². The van der Waals surface area contributed by atoms with Crippen molar-refractivity contribution in [2.24, 2.45) is 5.41 Å². The van der Waals surface area contributed by atoms with Crippen LogP contribution in [0.1, 0.15) is 51.7 Å². The molecule has 4 atom stereocenters. The van der Waals surface area contributed by atoms with E-state index in [2.05, 4.69) is 10.6 Å². The van der Waals surface area contributed by atoms with E-state index in [1.54, 1.807) is 18.9 Å². The molecule has 0 aliphatic carbocycles. The SMILES string of the molecule is CN[C@@H](C)C(=O)N[C@H](C(=O)N1CCC[C@H]1CN(CCc1ccccc1)C(=O)[C@H](O)Cc1ccccc1)C(C)(C)C. The fourth-order valence-corrected chi connectivity index (χ4v) is 5.12. The summed E-state index contributed by atoms with van der Waals surface area (Å²) < 4.78 is 0. The zero-order valence-corrected chi connectivity index (χ0v) is 24.6. The molecule has 40 heavy (non-hydrogen) atoms. The maximum atomic E-state index is 13.9. The molecule has 8 nitrogen and oxygen atoms in total. The molecule has 3 N–H and O–H groups in total. The number of amides is 3. The first kappa shape index (κ1) is 31.3. The van der Waals surface area contributed by atoms with Crippen LogP contribution in [0, 0.1) is 5.41 Å². The molecule has 218 valence electrons. The van der Waals surface area contributed by atoms with Gasteiger partial charge in [0.25, 0.3) is 5.91 Å². The van der Waals surface area contributed by atoms with Crippen molar-refractivity contribution in [3.05, 3.63) is 71.8 Å². The minimum atomic E-state index is -1.17. The van der Waals surface area contributed by atoms with E-state index >= 15 is 0 Å². The lowest BCUT2D eigenvalue weighted by Crippen LogP contribution is -2.59. The fraction of sp³-hybridized carbons (Fsp3) is 0.531. The second-order valence-electron chi connectivity index (χ2n) is 11.9. The summed E-state index contributed by atoms with van der Waals surface area (Å²) in [6.07, 6.45) is 1.28. The van der Waals surface area contributed by atoms with Gasteiger partial charge >= 0.3 is 0 Å². The Morgan fingerprint density at radius 3 is 2.20 bits per heavy atom. The molecule has 1 aliphatic rings. The van der Waals surface area contributed by atoms with E-state index in [9.17, 15) is 19.5 Å². The van der Waals surface area contributed by atoms with Crippen LogP contribution in [0.2, 0.25) is 0 Å². The summed E-state index contributed by atoms with van der Waals surface area (Å²) in [5, 5.41) is 16.8. The van der Waals surface area contributed by atoms with E-state index in [0.717, 1.165) is 24.0 Å². The molecule has 1 saturated heterocycles. The third-order valence-corrected chi connectivity index (χ3v) is 7.70. The number of likely N-dealkylation sites (tertiary alicyclic amines) is 1. The van der Waals surface area contributed by atoms with Gasteiger partial charge in [-0.05, 0) is 49.8 Å². The Bertz CT molecular complexity index is 1100. The van der Waals surface area contributed by atoms with Gasteiger partial charge in [0.1, 0.15) is 12.1 Å². The van der Waals surface area contributed by atoms with Gasteiger partial charge in [-0.2, -0.15) is 0 Å². The van der Waals surface area contributed by atoms with Crippen LogP contribution in [0.3, 0.4) is 0 Å². The third-order valence-electron chi connectivity index (χ3n) is 7.70. The summed E-state index contributed by atoms with van der Waals surface area (Å²) >= 11 is 0. The molecule has 0 radical (unpaired) electrons. The molecule has 2 aromatic rings. The smallest absolute Gasteiger partial charge is 0.251 e. The Kier molecular flexibility index (Phi) is 11.3. The van der Waals surface area contributed by atoms with Crippen molar-refractivity contribution in [2.75, 3.05) is 26.7 Å². The number of rotatable bonds is 12. The van der Waals surface area contributed by atoms with Crippen LogP contribution in [-0.2, 0) is 27.2 Å². The molecule has 3 rings (SSSR count). The highest BCUT2D eigenvalue weighted by Crippen LogP contribution is 2.26. The number of benzene rings is 2. The molecule has 0 unspecified atom stereocenters. The summed E-state index contributed by atoms with van der Waals surface area (Å²) in [7, 11) is 1.71. The van der Waals surface area contributed by atoms with Gasteiger partial charge in [-0.15, -0.1) is 0 Å². The highest BCUT2D eigenvalue weighted by molar-refractivity contribution is 5.90. The van der Waals surface area contributed by atoms with Gasteiger partial charge in [0, 0.05) is 32.1 Å². The monoisotopic (exact) mass is 550 g/mol. The van der Waals surface area contributed by atoms with Crippen molar-refractivity contribution >= 4 is 17.7 Å². The Morgan fingerprint density at radius 1 is 1.02 bits per heavy atom. The van der Waals surface area contributed by atoms with Crippen molar-refractivity contribution < 1.29 is 19.5 Å². The van der Waals surface area contributed by atoms with E-state index < -0.39 is 23.6 Å². The van der Waals surface area contributed by atoms with Crippen LogP contribution in [-0.4, -0.2) is 83.5 Å². The van der Waals surface area contributed by atoms with E-state index in [-0.39, 0.29) is 30.2 Å². The highest BCUT2D eigenvalue weighted by atomic mass is 16.3. The predicted octanol–water partition coefficient (Wildman–Crippen LogP) is 2.79. The average Bonchev–Trinajstić information content (AvgIpc) is 3.41. The number of carbonyl (C=O) groups excluding carboxylic acids is 3. The maximum Gasteiger partial charge on any atom is 0.251 e. The van der Waals surface area contributed by atoms with Gasteiger partial charge in [-0.1, -0.05) is 81.4 Å². The molecule has 0 bridgehead atoms. The van der Waals surface area contributed by atoms with Gasteiger partial charge in [-0.25, -0.2) is 0 Å². The van der Waals surface area contributed by atoms with Crippen molar-refractivity contribution in [1.29, 1.82) is 0 Å². The second-order valence-corrected chi connectivity index (χ2v) is 11.9. The van der Waals surface area contributed by atoms with E-state index in [4.69, 9.17) is 0 Å². The minimum Gasteiger partial charge on any atom is -0.383 e. The average molecular weight is 551 g/mol. The van der Waals surface area contributed by atoms with Crippen LogP contribution < -0.4 is 10.6 Å². The Hall–Kier alpha value is -3.23. The van der Waals surface area contributed by atoms with E-state index in [1.807, 2.05) is 86.3 Å². The lowest BCUT2D eigenvalue weighted by atomic mass is 9.85. The molecule has 0 spiro atoms. The normalized spacial score (nSPS) is 17.6. The van der Waals surface area contributed by atoms with Crippen LogP contribution in [0.15, 0.2) is 60.7 Å². The molecule has 0 aromatic heterocycles. The zero-order chi connectivity index (χ0) is 29.3. The molecule has 8 heteroatoms. The molecule has 3 amide bonds. The second kappa shape index (κ2) is 14.4. The molecule has 1 aliphatic heterocycles. The number of nitrogens with zero attached hydrogens (tertiary/aromatic N) is 2. The van der Waals surface area contributed by atoms with Crippen molar-refractivity contribution in [3.8, 4) is 0 Å². The molecule has 1 fully saturated rings. The predicted molar refractivity (Wildman–Crippen MR) is 158 cm³/mol. The summed E-state index contributed by atoms with van der Waals surface area (Å²) in [5.74, 6) is -0.690. The van der Waals surface area contributed by atoms with Gasteiger partial charge in [0.15, 0.2) is 0 Å². The highest BCUT2D eigenvalue weighted by Gasteiger charge is 2.41. The first-order valence-electron chi connectivity index (χ1n) is 14.3. The Balaban J connectivity index is 1.78. The van der Waals surface area contributed by atoms with E-state index in [1.165, 1.54) is 0 Å². The van der Waals surface area contributed by atoms with Gasteiger partial charge < -0.3 is 25.5 Å². The fourth-order valence-electron chi connectivity index (χ4n) is 5.12. The largest absolute Gasteiger partial charge is 0.383 e. The standard InChI is InChI=1S/C32H46N4O4/c1-23(33-5)29(38)34-28(32(2,3)4)31(40)36-19-12-17-26(36)22-35(20-18-24-13-8-6-9-14-24)30(39)27(37)21-25-15-10-7-11-16-25/h6-11,13-16,23,26-28,33,37H,12,17-22H2,1-5H3,(H,34,38)/t23-,26-,27+,28+/m0/s1. The first-order chi connectivity index (χ1) is 19.0. The van der Waals surface area contributed by atoms with Crippen LogP contribution in [0.25, 0.3) is 0 Å². The van der Waals surface area contributed by atoms with Crippen LogP contribution in [0.4, 0.5) is 0 Å². The molecule has 2 aromatic carbocycles. The number of hydrogen-bond donors (Lipinski definition) is 3. The Morgan fingerprint density at radius 2 is 1.62 bits per heavy atom. The third kappa shape index (κ3) is 8.63. The number of likely N-dealkylation sites (N-methyl/N-ethyl adjacent to an activating group) is 1. The number of aliphatic hydroxyl groups excluding tert-OH is 1. The lowest BCUT2D eigenvalue weighted by molar-refractivity contribution is -0.144. The maximum absolute atomic E-state index is 13.9. The minimum absolute atomic E-state index is 0.132. The van der Waals surface area contributed by atoms with Gasteiger partial charge in [0.2, 0.25) is 11.8 Å². The molecule has 1 heterocycles. The van der Waals surface area contributed by atoms with Gasteiger partial charge in [0.05, 0.1) is 6.04 Å². The molecular weight excluding hydrogens is 504 g/mol. The van der Waals surface area contributed by atoms with Crippen molar-refractivity contribution in [2.45, 2.75) is 77.6 Å². The molecular formula is C32H46N4O4. The van der Waals surface area contributed by atoms with E-state index in [0.29, 0.717) is 26.1 Å². The summed E-state index contributed by atoms with van der Waals surface area (Å²) in [6, 6.07) is 18.1. The van der Waals surface area contributed by atoms with Gasteiger partial charge in [-0.3, -0.25) is 14.4 Å². The quantitative estimate of drug-likeness (QED) is 0.377. The topological polar surface area (TPSA) is 102 Å². The first-order valence-corrected chi connectivity index (χ1v) is 14.3. The Labute approximate surface area is 239 Å². The van der Waals surface area contributed by atoms with Crippen LogP contribution >= 0.6 is 0 Å². The summed E-state index contributed by atoms with van der Waals surface area (Å²) in [4.78, 5) is 43.7. The van der Waals surface area contributed by atoms with Crippen molar-refractivity contribution in [3.63, 3.8) is 0 Å². The number of nitrogens with one attached hydrogen (secondary N) is 2. The number of carbonyl (C=O) groups is 3. The summed E-state index contributed by atoms with van der Waals surface area (Å²) in [6.45, 7) is 8.94. The summed E-state index contributed by atoms with van der Waals surface area (Å²) in [5.41, 5.74) is 1.50. The van der Waals surface area contributed by atoms with Crippen molar-refractivity contribution in [1.82, 2.24) is 20.4 Å². The lowest BCUT2D eigenvalue weighted by Gasteiger charge is -2.38. The zero-order valence-electron chi connectivity index (χ0n) is 24.6.